The number of aryl methyl sites for hydroxylation is 1. The highest BCUT2D eigenvalue weighted by molar-refractivity contribution is 7.99. The van der Waals surface area contributed by atoms with Gasteiger partial charge in [-0.1, -0.05) is 19.9 Å². The normalized spacial score (nSPS) is 18.3. The number of aromatic nitrogens is 2. The molecular weight excluding hydrogens is 838 g/mol. The zero-order chi connectivity index (χ0) is 42.8. The van der Waals surface area contributed by atoms with Crippen LogP contribution in [0, 0.1) is 0 Å². The minimum absolute atomic E-state index is 0.00334. The average Bonchev–Trinajstić information content (AvgIpc) is 3.64. The van der Waals surface area contributed by atoms with E-state index in [0.29, 0.717) is 40.9 Å². The van der Waals surface area contributed by atoms with E-state index in [1.165, 1.54) is 24.0 Å². The molecule has 0 aromatic carbocycles. The molecule has 0 atom stereocenters. The Kier molecular flexibility index (Phi) is 13.6. The SMILES string of the molecule is CC1(C)C(/C=C/C=C2\N(CCCCS(=O)(=O)O)c3ncc(SCCC(=O)ON4C(=O)CCC4=O)cc3C2(C)C)=Nc2c1cc(P(=O)(O)O)c[n+]2CCCCS(=O)(=O)O. The van der Waals surface area contributed by atoms with Gasteiger partial charge in [-0.25, -0.2) is 14.3 Å². The fourth-order valence-corrected chi connectivity index (χ4v) is 9.45. The highest BCUT2D eigenvalue weighted by Crippen LogP contribution is 2.48. The number of amides is 2. The van der Waals surface area contributed by atoms with E-state index in [0.717, 1.165) is 16.2 Å². The van der Waals surface area contributed by atoms with Gasteiger partial charge in [-0.15, -0.1) is 16.8 Å². The van der Waals surface area contributed by atoms with Gasteiger partial charge in [-0.05, 0) is 68.8 Å². The molecule has 0 radical (unpaired) electrons. The number of carbonyl (C=O) groups excluding carboxylic acids is 3. The van der Waals surface area contributed by atoms with E-state index in [9.17, 15) is 50.1 Å². The molecule has 0 bridgehead atoms. The summed E-state index contributed by atoms with van der Waals surface area (Å²) in [6.07, 6.45) is 9.37. The van der Waals surface area contributed by atoms with Gasteiger partial charge in [0.15, 0.2) is 5.71 Å². The number of thioether (sulfide) groups is 1. The van der Waals surface area contributed by atoms with E-state index in [-0.39, 0.29) is 56.1 Å². The largest absolute Gasteiger partial charge is 0.359 e. The highest BCUT2D eigenvalue weighted by atomic mass is 32.2. The third-order valence-electron chi connectivity index (χ3n) is 10.0. The van der Waals surface area contributed by atoms with Crippen molar-refractivity contribution in [2.45, 2.75) is 94.9 Å². The maximum absolute atomic E-state index is 12.4. The van der Waals surface area contributed by atoms with Gasteiger partial charge in [0.25, 0.3) is 32.1 Å². The van der Waals surface area contributed by atoms with Crippen LogP contribution >= 0.6 is 19.4 Å². The highest BCUT2D eigenvalue weighted by Gasteiger charge is 2.44. The molecule has 18 nitrogen and oxygen atoms in total. The number of rotatable bonds is 18. The molecule has 1 fully saturated rings. The van der Waals surface area contributed by atoms with Crippen molar-refractivity contribution in [3.63, 3.8) is 0 Å². The number of hydroxylamine groups is 2. The van der Waals surface area contributed by atoms with Crippen LogP contribution in [0.4, 0.5) is 11.6 Å². The maximum atomic E-state index is 12.4. The Morgan fingerprint density at radius 1 is 0.966 bits per heavy atom. The first-order valence-corrected chi connectivity index (χ1v) is 24.2. The van der Waals surface area contributed by atoms with E-state index in [1.54, 1.807) is 22.9 Å². The number of unbranched alkanes of at least 4 members (excludes halogenated alkanes) is 2. The van der Waals surface area contributed by atoms with Crippen LogP contribution in [0.25, 0.3) is 0 Å². The summed E-state index contributed by atoms with van der Waals surface area (Å²) in [5, 5.41) is 0.295. The zero-order valence-electron chi connectivity index (χ0n) is 32.4. The predicted molar refractivity (Wildman–Crippen MR) is 214 cm³/mol. The van der Waals surface area contributed by atoms with Gasteiger partial charge < -0.3 is 19.5 Å². The molecule has 0 spiro atoms. The summed E-state index contributed by atoms with van der Waals surface area (Å²) in [5.74, 6) is -1.32. The molecule has 4 N–H and O–H groups in total. The first-order chi connectivity index (χ1) is 26.9. The smallest absolute Gasteiger partial charge is 0.330 e. The second kappa shape index (κ2) is 17.4. The molecule has 0 unspecified atom stereocenters. The van der Waals surface area contributed by atoms with Crippen molar-refractivity contribution in [3.05, 3.63) is 59.6 Å². The summed E-state index contributed by atoms with van der Waals surface area (Å²) in [4.78, 5) is 73.4. The Hall–Kier alpha value is -3.82. The molecule has 3 aliphatic heterocycles. The number of hydrogen-bond donors (Lipinski definition) is 4. The van der Waals surface area contributed by atoms with Crippen LogP contribution in [-0.4, -0.2) is 93.1 Å². The van der Waals surface area contributed by atoms with Gasteiger partial charge in [0.2, 0.25) is 0 Å². The van der Waals surface area contributed by atoms with E-state index in [4.69, 9.17) is 19.4 Å². The monoisotopic (exact) mass is 884 g/mol. The molecule has 0 aliphatic carbocycles. The third kappa shape index (κ3) is 10.9. The second-order valence-electron chi connectivity index (χ2n) is 15.2. The van der Waals surface area contributed by atoms with E-state index >= 15 is 0 Å². The van der Waals surface area contributed by atoms with Crippen LogP contribution in [0.2, 0.25) is 0 Å². The van der Waals surface area contributed by atoms with Gasteiger partial charge in [0.1, 0.15) is 17.3 Å². The molecule has 58 heavy (non-hydrogen) atoms. The van der Waals surface area contributed by atoms with Crippen LogP contribution in [0.3, 0.4) is 0 Å². The Morgan fingerprint density at radius 2 is 1.60 bits per heavy atom. The number of imide groups is 1. The third-order valence-corrected chi connectivity index (χ3v) is 13.5. The van der Waals surface area contributed by atoms with Crippen molar-refractivity contribution in [2.24, 2.45) is 4.99 Å². The second-order valence-corrected chi connectivity index (χ2v) is 21.1. The van der Waals surface area contributed by atoms with Gasteiger partial charge in [-0.3, -0.25) is 23.3 Å². The number of hydrogen-bond acceptors (Lipinski definition) is 13. The summed E-state index contributed by atoms with van der Waals surface area (Å²) in [6.45, 7) is 8.29. The van der Waals surface area contributed by atoms with Crippen LogP contribution in [0.15, 0.2) is 58.3 Å². The minimum Gasteiger partial charge on any atom is -0.330 e. The lowest BCUT2D eigenvalue weighted by atomic mass is 9.82. The number of pyridine rings is 2. The molecule has 5 heterocycles. The number of nitrogens with zero attached hydrogens (tertiary/aromatic N) is 5. The van der Waals surface area contributed by atoms with Crippen LogP contribution in [0.1, 0.15) is 83.8 Å². The van der Waals surface area contributed by atoms with Crippen LogP contribution in [-0.2, 0) is 61.4 Å². The van der Waals surface area contributed by atoms with Crippen LogP contribution < -0.4 is 14.8 Å². The number of carbonyl (C=O) groups is 3. The summed E-state index contributed by atoms with van der Waals surface area (Å²) in [5.41, 5.74) is 1.36. The molecule has 2 aromatic rings. The topological polar surface area (TPSA) is 262 Å². The molecular formula is C36H47N5O13PS3+. The number of aliphatic imine (C=N–C) groups is 1. The van der Waals surface area contributed by atoms with Crippen molar-refractivity contribution < 1.29 is 64.1 Å². The molecule has 2 aromatic heterocycles. The fraction of sp³-hybridized carbons (Fsp3) is 0.500. The van der Waals surface area contributed by atoms with Gasteiger partial charge in [0.05, 0.1) is 35.4 Å². The summed E-state index contributed by atoms with van der Waals surface area (Å²) in [6, 6.07) is 3.38. The Morgan fingerprint density at radius 3 is 2.22 bits per heavy atom. The molecule has 0 saturated carbocycles. The lowest BCUT2D eigenvalue weighted by molar-refractivity contribution is -0.684. The molecule has 2 amide bonds. The molecule has 3 aliphatic rings. The van der Waals surface area contributed by atoms with E-state index in [1.807, 2.05) is 44.7 Å². The van der Waals surface area contributed by atoms with Crippen molar-refractivity contribution in [1.82, 2.24) is 10.0 Å². The number of allylic oxidation sites excluding steroid dienone is 4. The Labute approximate surface area is 341 Å². The molecule has 316 valence electrons. The first kappa shape index (κ1) is 45.3. The van der Waals surface area contributed by atoms with Gasteiger partial charge in [-0.2, -0.15) is 16.8 Å². The lowest BCUT2D eigenvalue weighted by Gasteiger charge is -2.26. The minimum atomic E-state index is -4.69. The summed E-state index contributed by atoms with van der Waals surface area (Å²) < 4.78 is 77.7. The molecule has 5 rings (SSSR count). The lowest BCUT2D eigenvalue weighted by Crippen LogP contribution is -2.39. The standard InChI is InChI=1S/C36H46N5O13PS3/c1-35(2)26-20-24(55(45,46)47)23-39(15-5-7-18-57(48,49)50)34(26)38-28(35)10-9-11-29-36(3,4)27-21-25(22-37-33(27)40(29)16-6-8-19-58(51,52)53)56-17-14-32(44)54-41-30(42)12-13-31(41)43/h9-11,20-23H,5-8,12-19H2,1-4H3,(H3-,45,46,47,48,49,50,51,52,53)/p+1. The Balaban J connectivity index is 1.40. The molecule has 1 saturated heterocycles. The summed E-state index contributed by atoms with van der Waals surface area (Å²) in [7, 11) is -13.0. The Bertz CT molecular complexity index is 2340. The van der Waals surface area contributed by atoms with Crippen molar-refractivity contribution in [1.29, 1.82) is 0 Å². The quantitative estimate of drug-likeness (QED) is 0.0418. The van der Waals surface area contributed by atoms with E-state index in [2.05, 4.69) is 0 Å². The predicted octanol–water partition coefficient (Wildman–Crippen LogP) is 3.20. The zero-order valence-corrected chi connectivity index (χ0v) is 35.7. The van der Waals surface area contributed by atoms with Gasteiger partial charge >= 0.3 is 19.4 Å². The number of anilines is 1. The van der Waals surface area contributed by atoms with E-state index < -0.39 is 68.0 Å². The molecule has 22 heteroatoms. The van der Waals surface area contributed by atoms with Crippen molar-refractivity contribution >= 4 is 80.0 Å². The summed E-state index contributed by atoms with van der Waals surface area (Å²) >= 11 is 1.34. The average molecular weight is 885 g/mol. The van der Waals surface area contributed by atoms with Crippen molar-refractivity contribution in [3.8, 4) is 0 Å². The van der Waals surface area contributed by atoms with Crippen molar-refractivity contribution in [2.75, 3.05) is 28.7 Å². The first-order valence-electron chi connectivity index (χ1n) is 18.4. The fourth-order valence-electron chi connectivity index (χ4n) is 6.89. The maximum Gasteiger partial charge on any atom is 0.359 e. The van der Waals surface area contributed by atoms with Crippen LogP contribution in [0.5, 0.6) is 0 Å². The van der Waals surface area contributed by atoms with Gasteiger partial charge in [0, 0.05) is 52.9 Å². The number of fused-ring (bicyclic) bond motifs is 2.